The lowest BCUT2D eigenvalue weighted by Gasteiger charge is -2.23. The summed E-state index contributed by atoms with van der Waals surface area (Å²) < 4.78 is 5.17. The molecule has 0 aliphatic carbocycles. The van der Waals surface area contributed by atoms with Crippen molar-refractivity contribution >= 4 is 11.8 Å². The first-order valence-corrected chi connectivity index (χ1v) is 4.78. The number of amides is 1. The van der Waals surface area contributed by atoms with Gasteiger partial charge in [-0.15, -0.1) is 0 Å². The summed E-state index contributed by atoms with van der Waals surface area (Å²) in [6.07, 6.45) is -0.402. The van der Waals surface area contributed by atoms with E-state index in [1.807, 2.05) is 41.5 Å². The van der Waals surface area contributed by atoms with Gasteiger partial charge in [-0.3, -0.25) is 0 Å². The van der Waals surface area contributed by atoms with Gasteiger partial charge in [0.05, 0.1) is 0 Å². The highest BCUT2D eigenvalue weighted by molar-refractivity contribution is 5.80. The molecule has 0 heterocycles. The SMILES string of the molecule is CCN(N=C(C)C)C(=O)OC(C)(C)C. The van der Waals surface area contributed by atoms with E-state index in [0.29, 0.717) is 6.54 Å². The molecular formula is C10H20N2O2. The second-order valence-electron chi connectivity index (χ2n) is 4.24. The van der Waals surface area contributed by atoms with Crippen molar-refractivity contribution in [1.82, 2.24) is 5.01 Å². The zero-order valence-corrected chi connectivity index (χ0v) is 9.92. The highest BCUT2D eigenvalue weighted by Crippen LogP contribution is 2.10. The fourth-order valence-corrected chi connectivity index (χ4v) is 0.797. The Labute approximate surface area is 85.9 Å². The predicted molar refractivity (Wildman–Crippen MR) is 57.4 cm³/mol. The molecular weight excluding hydrogens is 180 g/mol. The molecule has 0 aromatic heterocycles. The van der Waals surface area contributed by atoms with Crippen LogP contribution in [-0.2, 0) is 4.74 Å². The highest BCUT2D eigenvalue weighted by Gasteiger charge is 2.20. The monoisotopic (exact) mass is 200 g/mol. The first-order chi connectivity index (χ1) is 6.26. The lowest BCUT2D eigenvalue weighted by Crippen LogP contribution is -2.33. The van der Waals surface area contributed by atoms with Gasteiger partial charge in [0.2, 0.25) is 0 Å². The fraction of sp³-hybridized carbons (Fsp3) is 0.800. The third-order valence-electron chi connectivity index (χ3n) is 1.22. The van der Waals surface area contributed by atoms with Crippen molar-refractivity contribution in [2.45, 2.75) is 47.1 Å². The Morgan fingerprint density at radius 2 is 1.86 bits per heavy atom. The van der Waals surface area contributed by atoms with Gasteiger partial charge in [-0.1, -0.05) is 0 Å². The molecule has 82 valence electrons. The molecule has 0 unspecified atom stereocenters. The van der Waals surface area contributed by atoms with Crippen molar-refractivity contribution in [3.8, 4) is 0 Å². The molecule has 0 aromatic carbocycles. The van der Waals surface area contributed by atoms with Crippen molar-refractivity contribution in [3.05, 3.63) is 0 Å². The second kappa shape index (κ2) is 4.98. The first-order valence-electron chi connectivity index (χ1n) is 4.78. The van der Waals surface area contributed by atoms with Crippen LogP contribution in [0.25, 0.3) is 0 Å². The summed E-state index contributed by atoms with van der Waals surface area (Å²) in [5.74, 6) is 0. The molecule has 4 nitrogen and oxygen atoms in total. The van der Waals surface area contributed by atoms with Crippen LogP contribution in [0.4, 0.5) is 4.79 Å². The Bertz CT molecular complexity index is 225. The maximum Gasteiger partial charge on any atom is 0.430 e. The molecule has 0 saturated carbocycles. The van der Waals surface area contributed by atoms with Gasteiger partial charge in [0.25, 0.3) is 0 Å². The number of hydrogen-bond donors (Lipinski definition) is 0. The molecule has 0 aromatic rings. The summed E-state index contributed by atoms with van der Waals surface area (Å²) in [6, 6.07) is 0. The topological polar surface area (TPSA) is 41.9 Å². The van der Waals surface area contributed by atoms with Crippen LogP contribution >= 0.6 is 0 Å². The number of carbonyl (C=O) groups is 1. The molecule has 0 spiro atoms. The van der Waals surface area contributed by atoms with Gasteiger partial charge in [0.15, 0.2) is 0 Å². The number of rotatable bonds is 2. The van der Waals surface area contributed by atoms with E-state index in [1.54, 1.807) is 0 Å². The van der Waals surface area contributed by atoms with Gasteiger partial charge >= 0.3 is 6.09 Å². The number of nitrogens with zero attached hydrogens (tertiary/aromatic N) is 2. The van der Waals surface area contributed by atoms with Crippen LogP contribution in [0.5, 0.6) is 0 Å². The molecule has 1 amide bonds. The van der Waals surface area contributed by atoms with E-state index < -0.39 is 11.7 Å². The summed E-state index contributed by atoms with van der Waals surface area (Å²) in [4.78, 5) is 11.5. The van der Waals surface area contributed by atoms with Crippen LogP contribution in [0, 0.1) is 0 Å². The summed E-state index contributed by atoms with van der Waals surface area (Å²) in [6.45, 7) is 11.6. The number of ether oxygens (including phenoxy) is 1. The minimum Gasteiger partial charge on any atom is -0.442 e. The van der Waals surface area contributed by atoms with E-state index in [9.17, 15) is 4.79 Å². The summed E-state index contributed by atoms with van der Waals surface area (Å²) in [5.41, 5.74) is 0.361. The zero-order chi connectivity index (χ0) is 11.4. The molecule has 4 heteroatoms. The number of hydrogen-bond acceptors (Lipinski definition) is 3. The molecule has 0 aliphatic rings. The van der Waals surface area contributed by atoms with Gasteiger partial charge < -0.3 is 4.74 Å². The normalized spacial score (nSPS) is 10.7. The van der Waals surface area contributed by atoms with Crippen LogP contribution < -0.4 is 0 Å². The molecule has 0 bridgehead atoms. The Balaban J connectivity index is 4.41. The van der Waals surface area contributed by atoms with Crippen LogP contribution in [0.15, 0.2) is 5.10 Å². The summed E-state index contributed by atoms with van der Waals surface area (Å²) >= 11 is 0. The average Bonchev–Trinajstić information content (AvgIpc) is 1.96. The van der Waals surface area contributed by atoms with Crippen LogP contribution in [0.1, 0.15) is 41.5 Å². The Morgan fingerprint density at radius 3 is 2.14 bits per heavy atom. The second-order valence-corrected chi connectivity index (χ2v) is 4.24. The van der Waals surface area contributed by atoms with Gasteiger partial charge in [-0.05, 0) is 41.5 Å². The maximum atomic E-state index is 11.5. The standard InChI is InChI=1S/C10H20N2O2/c1-7-12(11-8(2)3)9(13)14-10(4,5)6/h7H2,1-6H3. The van der Waals surface area contributed by atoms with Gasteiger partial charge in [-0.25, -0.2) is 4.79 Å². The third-order valence-corrected chi connectivity index (χ3v) is 1.22. The molecule has 0 saturated heterocycles. The average molecular weight is 200 g/mol. The fourth-order valence-electron chi connectivity index (χ4n) is 0.797. The number of hydrazone groups is 1. The van der Waals surface area contributed by atoms with Crippen molar-refractivity contribution in [3.63, 3.8) is 0 Å². The van der Waals surface area contributed by atoms with E-state index in [1.165, 1.54) is 5.01 Å². The minimum atomic E-state index is -0.471. The molecule has 0 aliphatic heterocycles. The highest BCUT2D eigenvalue weighted by atomic mass is 16.6. The Hall–Kier alpha value is -1.06. The third kappa shape index (κ3) is 5.56. The van der Waals surface area contributed by atoms with Crippen LogP contribution in [-0.4, -0.2) is 29.0 Å². The lowest BCUT2D eigenvalue weighted by atomic mass is 10.2. The van der Waals surface area contributed by atoms with E-state index in [0.717, 1.165) is 5.71 Å². The summed E-state index contributed by atoms with van der Waals surface area (Å²) in [7, 11) is 0. The van der Waals surface area contributed by atoms with E-state index in [4.69, 9.17) is 4.74 Å². The van der Waals surface area contributed by atoms with E-state index >= 15 is 0 Å². The summed E-state index contributed by atoms with van der Waals surface area (Å²) in [5, 5.41) is 5.37. The smallest absolute Gasteiger partial charge is 0.430 e. The first kappa shape index (κ1) is 12.9. The lowest BCUT2D eigenvalue weighted by molar-refractivity contribution is 0.0264. The largest absolute Gasteiger partial charge is 0.442 e. The van der Waals surface area contributed by atoms with Crippen molar-refractivity contribution in [1.29, 1.82) is 0 Å². The van der Waals surface area contributed by atoms with Crippen molar-refractivity contribution in [2.24, 2.45) is 5.10 Å². The predicted octanol–water partition coefficient (Wildman–Crippen LogP) is 2.64. The van der Waals surface area contributed by atoms with Gasteiger partial charge in [-0.2, -0.15) is 10.1 Å². The quantitative estimate of drug-likeness (QED) is 0.508. The molecule has 14 heavy (non-hydrogen) atoms. The van der Waals surface area contributed by atoms with E-state index in [-0.39, 0.29) is 0 Å². The molecule has 0 atom stereocenters. The minimum absolute atomic E-state index is 0.402. The van der Waals surface area contributed by atoms with Gasteiger partial charge in [0.1, 0.15) is 5.60 Å². The van der Waals surface area contributed by atoms with Crippen molar-refractivity contribution < 1.29 is 9.53 Å². The maximum absolute atomic E-state index is 11.5. The Kier molecular flexibility index (Phi) is 4.60. The molecule has 0 N–H and O–H groups in total. The van der Waals surface area contributed by atoms with E-state index in [2.05, 4.69) is 5.10 Å². The molecule has 0 rings (SSSR count). The van der Waals surface area contributed by atoms with Crippen molar-refractivity contribution in [2.75, 3.05) is 6.54 Å². The Morgan fingerprint density at radius 1 is 1.36 bits per heavy atom. The van der Waals surface area contributed by atoms with Crippen LogP contribution in [0.2, 0.25) is 0 Å². The molecule has 0 radical (unpaired) electrons. The zero-order valence-electron chi connectivity index (χ0n) is 9.92. The number of carbonyl (C=O) groups excluding carboxylic acids is 1. The van der Waals surface area contributed by atoms with Crippen LogP contribution in [0.3, 0.4) is 0 Å². The van der Waals surface area contributed by atoms with Gasteiger partial charge in [0, 0.05) is 12.3 Å². The molecule has 0 fully saturated rings.